The predicted octanol–water partition coefficient (Wildman–Crippen LogP) is 2.80. The number of hydrogen-bond acceptors (Lipinski definition) is 3. The lowest BCUT2D eigenvalue weighted by Gasteiger charge is -2.07. The van der Waals surface area contributed by atoms with Crippen LogP contribution < -0.4 is 11.1 Å². The molecular formula is C12H17ClN2OS. The Balaban J connectivity index is 2.44. The Bertz CT molecular complexity index is 385. The topological polar surface area (TPSA) is 55.1 Å². The third-order valence-corrected chi connectivity index (χ3v) is 3.51. The van der Waals surface area contributed by atoms with Gasteiger partial charge in [0.25, 0.3) is 5.91 Å². The van der Waals surface area contributed by atoms with Crippen LogP contribution in [0.25, 0.3) is 0 Å². The molecule has 0 spiro atoms. The van der Waals surface area contributed by atoms with Crippen molar-refractivity contribution in [1.82, 2.24) is 5.32 Å². The van der Waals surface area contributed by atoms with E-state index >= 15 is 0 Å². The summed E-state index contributed by atoms with van der Waals surface area (Å²) in [4.78, 5) is 11.8. The van der Waals surface area contributed by atoms with Gasteiger partial charge in [0.2, 0.25) is 0 Å². The number of carbonyl (C=O) groups excluding carboxylic acids is 1. The molecule has 3 N–H and O–H groups in total. The summed E-state index contributed by atoms with van der Waals surface area (Å²) in [5.74, 6) is 2.00. The first-order valence-electron chi connectivity index (χ1n) is 5.56. The lowest BCUT2D eigenvalue weighted by Crippen LogP contribution is -2.25. The zero-order valence-corrected chi connectivity index (χ0v) is 11.4. The molecule has 0 saturated carbocycles. The summed E-state index contributed by atoms with van der Waals surface area (Å²) < 4.78 is 0. The van der Waals surface area contributed by atoms with Crippen LogP contribution in [-0.2, 0) is 0 Å². The molecule has 0 saturated heterocycles. The van der Waals surface area contributed by atoms with E-state index in [9.17, 15) is 4.79 Å². The molecule has 1 rings (SSSR count). The fraction of sp³-hybridized carbons (Fsp3) is 0.417. The first-order chi connectivity index (χ1) is 8.15. The maximum Gasteiger partial charge on any atom is 0.252 e. The lowest BCUT2D eigenvalue weighted by molar-refractivity contribution is 0.0954. The summed E-state index contributed by atoms with van der Waals surface area (Å²) in [6, 6.07) is 4.91. The summed E-state index contributed by atoms with van der Waals surface area (Å²) in [6.45, 7) is 2.78. The van der Waals surface area contributed by atoms with Gasteiger partial charge in [-0.3, -0.25) is 4.79 Å². The SMILES string of the molecule is CCSCCCNC(=O)c1cc(N)ccc1Cl. The van der Waals surface area contributed by atoms with Crippen LogP contribution in [0.2, 0.25) is 5.02 Å². The molecule has 0 aliphatic heterocycles. The highest BCUT2D eigenvalue weighted by Gasteiger charge is 2.09. The Morgan fingerprint density at radius 3 is 3.00 bits per heavy atom. The smallest absolute Gasteiger partial charge is 0.252 e. The summed E-state index contributed by atoms with van der Waals surface area (Å²) >= 11 is 7.80. The standard InChI is InChI=1S/C12H17ClN2OS/c1-2-17-7-3-6-15-12(16)10-8-9(14)4-5-11(10)13/h4-5,8H,2-3,6-7,14H2,1H3,(H,15,16). The number of halogens is 1. The van der Waals surface area contributed by atoms with Crippen molar-refractivity contribution in [2.45, 2.75) is 13.3 Å². The van der Waals surface area contributed by atoms with E-state index in [4.69, 9.17) is 17.3 Å². The van der Waals surface area contributed by atoms with Crippen molar-refractivity contribution in [3.05, 3.63) is 28.8 Å². The lowest BCUT2D eigenvalue weighted by atomic mass is 10.2. The van der Waals surface area contributed by atoms with Crippen LogP contribution in [0.3, 0.4) is 0 Å². The van der Waals surface area contributed by atoms with Crippen molar-refractivity contribution in [3.63, 3.8) is 0 Å². The Kier molecular flexibility index (Phi) is 6.22. The zero-order valence-electron chi connectivity index (χ0n) is 9.83. The second-order valence-electron chi connectivity index (χ2n) is 3.55. The van der Waals surface area contributed by atoms with Gasteiger partial charge in [-0.1, -0.05) is 18.5 Å². The Morgan fingerprint density at radius 1 is 1.53 bits per heavy atom. The molecule has 94 valence electrons. The number of rotatable bonds is 6. The maximum atomic E-state index is 11.8. The second kappa shape index (κ2) is 7.45. The number of nitrogens with two attached hydrogens (primary N) is 1. The molecular weight excluding hydrogens is 256 g/mol. The summed E-state index contributed by atoms with van der Waals surface area (Å²) in [5, 5.41) is 3.26. The van der Waals surface area contributed by atoms with Crippen LogP contribution in [0.4, 0.5) is 5.69 Å². The molecule has 0 aromatic heterocycles. The number of nitrogens with one attached hydrogen (secondary N) is 1. The molecule has 0 radical (unpaired) electrons. The largest absolute Gasteiger partial charge is 0.399 e. The number of nitrogen functional groups attached to an aromatic ring is 1. The normalized spacial score (nSPS) is 10.2. The van der Waals surface area contributed by atoms with Crippen LogP contribution in [0.5, 0.6) is 0 Å². The van der Waals surface area contributed by atoms with Crippen LogP contribution in [0.15, 0.2) is 18.2 Å². The van der Waals surface area contributed by atoms with Gasteiger partial charge in [0.15, 0.2) is 0 Å². The van der Waals surface area contributed by atoms with Gasteiger partial charge in [-0.15, -0.1) is 0 Å². The van der Waals surface area contributed by atoms with Crippen molar-refractivity contribution >= 4 is 35.0 Å². The highest BCUT2D eigenvalue weighted by molar-refractivity contribution is 7.99. The number of thioether (sulfide) groups is 1. The summed E-state index contributed by atoms with van der Waals surface area (Å²) in [7, 11) is 0. The molecule has 0 aliphatic rings. The quantitative estimate of drug-likeness (QED) is 0.618. The van der Waals surface area contributed by atoms with Crippen molar-refractivity contribution in [2.75, 3.05) is 23.8 Å². The van der Waals surface area contributed by atoms with E-state index in [1.807, 2.05) is 11.8 Å². The molecule has 0 unspecified atom stereocenters. The molecule has 3 nitrogen and oxygen atoms in total. The van der Waals surface area contributed by atoms with E-state index in [1.54, 1.807) is 18.2 Å². The van der Waals surface area contributed by atoms with Crippen LogP contribution in [-0.4, -0.2) is 24.0 Å². The van der Waals surface area contributed by atoms with Gasteiger partial charge < -0.3 is 11.1 Å². The van der Waals surface area contributed by atoms with Crippen LogP contribution in [0.1, 0.15) is 23.7 Å². The van der Waals surface area contributed by atoms with Gasteiger partial charge in [0.05, 0.1) is 10.6 Å². The predicted molar refractivity (Wildman–Crippen MR) is 75.8 cm³/mol. The second-order valence-corrected chi connectivity index (χ2v) is 5.35. The number of anilines is 1. The Hall–Kier alpha value is -0.870. The zero-order chi connectivity index (χ0) is 12.7. The van der Waals surface area contributed by atoms with Crippen LogP contribution >= 0.6 is 23.4 Å². The minimum Gasteiger partial charge on any atom is -0.399 e. The number of amides is 1. The molecule has 17 heavy (non-hydrogen) atoms. The number of benzene rings is 1. The fourth-order valence-corrected chi connectivity index (χ4v) is 2.17. The summed E-state index contributed by atoms with van der Waals surface area (Å²) in [5.41, 5.74) is 6.60. The van der Waals surface area contributed by atoms with Gasteiger partial charge in [0.1, 0.15) is 0 Å². The average Bonchev–Trinajstić information content (AvgIpc) is 2.32. The van der Waals surface area contributed by atoms with Gasteiger partial charge in [-0.2, -0.15) is 11.8 Å². The van der Waals surface area contributed by atoms with E-state index < -0.39 is 0 Å². The first kappa shape index (κ1) is 14.2. The van der Waals surface area contributed by atoms with Gasteiger partial charge in [-0.25, -0.2) is 0 Å². The molecule has 1 aromatic carbocycles. The van der Waals surface area contributed by atoms with Gasteiger partial charge >= 0.3 is 0 Å². The van der Waals surface area contributed by atoms with E-state index in [-0.39, 0.29) is 5.91 Å². The number of hydrogen-bond donors (Lipinski definition) is 2. The Morgan fingerprint density at radius 2 is 2.29 bits per heavy atom. The van der Waals surface area contributed by atoms with E-state index in [2.05, 4.69) is 12.2 Å². The minimum absolute atomic E-state index is 0.163. The third kappa shape index (κ3) is 4.88. The highest BCUT2D eigenvalue weighted by atomic mass is 35.5. The molecule has 5 heteroatoms. The van der Waals surface area contributed by atoms with Crippen molar-refractivity contribution < 1.29 is 4.79 Å². The highest BCUT2D eigenvalue weighted by Crippen LogP contribution is 2.18. The van der Waals surface area contributed by atoms with E-state index in [1.165, 1.54) is 0 Å². The first-order valence-corrected chi connectivity index (χ1v) is 7.09. The maximum absolute atomic E-state index is 11.8. The molecule has 1 amide bonds. The van der Waals surface area contributed by atoms with Crippen LogP contribution in [0, 0.1) is 0 Å². The van der Waals surface area contributed by atoms with Crippen molar-refractivity contribution in [1.29, 1.82) is 0 Å². The molecule has 0 atom stereocenters. The molecule has 0 bridgehead atoms. The number of carbonyl (C=O) groups is 1. The van der Waals surface area contributed by atoms with Crippen molar-refractivity contribution in [2.24, 2.45) is 0 Å². The molecule has 0 aliphatic carbocycles. The fourth-order valence-electron chi connectivity index (χ4n) is 1.33. The van der Waals surface area contributed by atoms with Crippen molar-refractivity contribution in [3.8, 4) is 0 Å². The van der Waals surface area contributed by atoms with E-state index in [0.29, 0.717) is 22.8 Å². The molecule has 1 aromatic rings. The molecule has 0 heterocycles. The minimum atomic E-state index is -0.163. The van der Waals surface area contributed by atoms with Gasteiger partial charge in [0, 0.05) is 12.2 Å². The third-order valence-electron chi connectivity index (χ3n) is 2.19. The van der Waals surface area contributed by atoms with Gasteiger partial charge in [-0.05, 0) is 36.1 Å². The molecule has 0 fully saturated rings. The van der Waals surface area contributed by atoms with E-state index in [0.717, 1.165) is 17.9 Å². The Labute approximate surface area is 111 Å². The average molecular weight is 273 g/mol. The monoisotopic (exact) mass is 272 g/mol. The summed E-state index contributed by atoms with van der Waals surface area (Å²) in [6.07, 6.45) is 0.962.